The number of para-hydroxylation sites is 1. The molecule has 2 N–H and O–H groups in total. The number of aromatic nitrogens is 1. The summed E-state index contributed by atoms with van der Waals surface area (Å²) in [6.45, 7) is -0.0221. The number of hydrogen-bond donors (Lipinski definition) is 2. The van der Waals surface area contributed by atoms with Crippen molar-refractivity contribution in [1.29, 1.82) is 0 Å². The van der Waals surface area contributed by atoms with Gasteiger partial charge in [-0.05, 0) is 6.07 Å². The van der Waals surface area contributed by atoms with Crippen molar-refractivity contribution < 1.29 is 19.1 Å². The highest BCUT2D eigenvalue weighted by molar-refractivity contribution is 6.45. The SMILES string of the molecule is O=C1C=C(NC(=O)C(=O)c2c[nH]c3ccccc23)CO1. The molecule has 3 rings (SSSR count). The van der Waals surface area contributed by atoms with Crippen LogP contribution < -0.4 is 5.32 Å². The molecule has 1 aromatic carbocycles. The van der Waals surface area contributed by atoms with E-state index < -0.39 is 17.7 Å². The van der Waals surface area contributed by atoms with Crippen LogP contribution in [0.15, 0.2) is 42.2 Å². The molecule has 0 saturated heterocycles. The first-order valence-corrected chi connectivity index (χ1v) is 5.94. The van der Waals surface area contributed by atoms with E-state index in [1.54, 1.807) is 12.1 Å². The molecule has 0 saturated carbocycles. The summed E-state index contributed by atoms with van der Waals surface area (Å²) in [5.41, 5.74) is 1.36. The third kappa shape index (κ3) is 2.07. The van der Waals surface area contributed by atoms with Crippen LogP contribution in [0.1, 0.15) is 10.4 Å². The van der Waals surface area contributed by atoms with E-state index in [1.165, 1.54) is 6.20 Å². The fraction of sp³-hybridized carbons (Fsp3) is 0.0714. The number of amides is 1. The van der Waals surface area contributed by atoms with E-state index in [9.17, 15) is 14.4 Å². The van der Waals surface area contributed by atoms with Crippen LogP contribution in [0.2, 0.25) is 0 Å². The number of carbonyl (C=O) groups excluding carboxylic acids is 3. The molecular formula is C14H10N2O4. The highest BCUT2D eigenvalue weighted by atomic mass is 16.5. The van der Waals surface area contributed by atoms with Gasteiger partial charge in [-0.25, -0.2) is 4.79 Å². The van der Waals surface area contributed by atoms with E-state index in [2.05, 4.69) is 15.0 Å². The smallest absolute Gasteiger partial charge is 0.333 e. The number of ketones is 1. The fourth-order valence-corrected chi connectivity index (χ4v) is 2.03. The highest BCUT2D eigenvalue weighted by Gasteiger charge is 2.22. The average molecular weight is 270 g/mol. The minimum atomic E-state index is -0.792. The summed E-state index contributed by atoms with van der Waals surface area (Å²) in [5, 5.41) is 3.06. The van der Waals surface area contributed by atoms with E-state index in [-0.39, 0.29) is 12.3 Å². The lowest BCUT2D eigenvalue weighted by Crippen LogP contribution is -2.30. The van der Waals surface area contributed by atoms with Gasteiger partial charge >= 0.3 is 5.97 Å². The van der Waals surface area contributed by atoms with Crippen LogP contribution in [0.25, 0.3) is 10.9 Å². The Kier molecular flexibility index (Phi) is 2.83. The van der Waals surface area contributed by atoms with E-state index in [0.717, 1.165) is 11.6 Å². The molecule has 1 aliphatic rings. The normalized spacial score (nSPS) is 14.0. The van der Waals surface area contributed by atoms with Gasteiger partial charge < -0.3 is 15.0 Å². The zero-order valence-electron chi connectivity index (χ0n) is 10.3. The Morgan fingerprint density at radius 2 is 2.05 bits per heavy atom. The van der Waals surface area contributed by atoms with Gasteiger partial charge in [-0.1, -0.05) is 18.2 Å². The Bertz CT molecular complexity index is 757. The monoisotopic (exact) mass is 270 g/mol. The average Bonchev–Trinajstić information content (AvgIpc) is 3.04. The molecular weight excluding hydrogens is 260 g/mol. The lowest BCUT2D eigenvalue weighted by Gasteiger charge is -2.03. The molecule has 0 atom stereocenters. The summed E-state index contributed by atoms with van der Waals surface area (Å²) in [7, 11) is 0. The second kappa shape index (κ2) is 4.65. The number of carbonyl (C=O) groups is 3. The Hall–Kier alpha value is -2.89. The van der Waals surface area contributed by atoms with E-state index in [4.69, 9.17) is 0 Å². The first-order valence-electron chi connectivity index (χ1n) is 5.94. The number of hydrogen-bond acceptors (Lipinski definition) is 4. The molecule has 0 fully saturated rings. The molecule has 1 aromatic heterocycles. The number of fused-ring (bicyclic) bond motifs is 1. The van der Waals surface area contributed by atoms with Crippen molar-refractivity contribution in [2.24, 2.45) is 0 Å². The Balaban J connectivity index is 1.83. The molecule has 0 spiro atoms. The lowest BCUT2D eigenvalue weighted by atomic mass is 10.1. The number of rotatable bonds is 3. The van der Waals surface area contributed by atoms with Crippen LogP contribution in [0.5, 0.6) is 0 Å². The van der Waals surface area contributed by atoms with Gasteiger partial charge in [-0.3, -0.25) is 9.59 Å². The van der Waals surface area contributed by atoms with Crippen LogP contribution in [-0.2, 0) is 14.3 Å². The first-order chi connectivity index (χ1) is 9.65. The quantitative estimate of drug-likeness (QED) is 0.493. The number of benzene rings is 1. The number of cyclic esters (lactones) is 1. The van der Waals surface area contributed by atoms with Crippen LogP contribution in [0.3, 0.4) is 0 Å². The zero-order valence-corrected chi connectivity index (χ0v) is 10.3. The third-order valence-corrected chi connectivity index (χ3v) is 2.98. The predicted molar refractivity (Wildman–Crippen MR) is 69.8 cm³/mol. The Morgan fingerprint density at radius 3 is 2.80 bits per heavy atom. The summed E-state index contributed by atoms with van der Waals surface area (Å²) < 4.78 is 4.64. The van der Waals surface area contributed by atoms with Crippen molar-refractivity contribution in [2.75, 3.05) is 6.61 Å². The molecule has 6 nitrogen and oxygen atoms in total. The van der Waals surface area contributed by atoms with Crippen molar-refractivity contribution in [2.45, 2.75) is 0 Å². The summed E-state index contributed by atoms with van der Waals surface area (Å²) in [6, 6.07) is 7.19. The van der Waals surface area contributed by atoms with Gasteiger partial charge in [0.15, 0.2) is 0 Å². The van der Waals surface area contributed by atoms with E-state index in [0.29, 0.717) is 10.9 Å². The summed E-state index contributed by atoms with van der Waals surface area (Å²) in [4.78, 5) is 37.8. The van der Waals surface area contributed by atoms with E-state index in [1.807, 2.05) is 12.1 Å². The fourth-order valence-electron chi connectivity index (χ4n) is 2.03. The Labute approximate surface area is 113 Å². The minimum Gasteiger partial charge on any atom is -0.456 e. The van der Waals surface area contributed by atoms with Gasteiger partial charge in [-0.15, -0.1) is 0 Å². The summed E-state index contributed by atoms with van der Waals surface area (Å²) >= 11 is 0. The largest absolute Gasteiger partial charge is 0.456 e. The van der Waals surface area contributed by atoms with Crippen molar-refractivity contribution >= 4 is 28.6 Å². The minimum absolute atomic E-state index is 0.0221. The predicted octanol–water partition coefficient (Wildman–Crippen LogP) is 0.907. The standard InChI is InChI=1S/C14H10N2O4/c17-12-5-8(7-20-12)16-14(19)13(18)10-6-15-11-4-2-1-3-9(10)11/h1-6,15H,7H2,(H,16,19). The molecule has 20 heavy (non-hydrogen) atoms. The van der Waals surface area contributed by atoms with Crippen molar-refractivity contribution in [3.63, 3.8) is 0 Å². The zero-order chi connectivity index (χ0) is 14.1. The van der Waals surface area contributed by atoms with Gasteiger partial charge in [0.2, 0.25) is 0 Å². The maximum Gasteiger partial charge on any atom is 0.333 e. The molecule has 0 radical (unpaired) electrons. The number of nitrogens with one attached hydrogen (secondary N) is 2. The molecule has 0 bridgehead atoms. The second-order valence-electron chi connectivity index (χ2n) is 4.31. The molecule has 100 valence electrons. The number of aromatic amines is 1. The molecule has 2 aromatic rings. The maximum atomic E-state index is 12.1. The van der Waals surface area contributed by atoms with E-state index >= 15 is 0 Å². The molecule has 6 heteroatoms. The molecule has 2 heterocycles. The summed E-state index contributed by atoms with van der Waals surface area (Å²) in [5.74, 6) is -1.98. The first kappa shape index (κ1) is 12.2. The number of Topliss-reactive ketones (excluding diaryl/α,β-unsaturated/α-hetero) is 1. The molecule has 1 aliphatic heterocycles. The second-order valence-corrected chi connectivity index (χ2v) is 4.31. The van der Waals surface area contributed by atoms with Crippen LogP contribution >= 0.6 is 0 Å². The maximum absolute atomic E-state index is 12.1. The van der Waals surface area contributed by atoms with Gasteiger partial charge in [0.25, 0.3) is 11.7 Å². The highest BCUT2D eigenvalue weighted by Crippen LogP contribution is 2.18. The van der Waals surface area contributed by atoms with Crippen LogP contribution in [0, 0.1) is 0 Å². The topological polar surface area (TPSA) is 88.3 Å². The molecule has 1 amide bonds. The molecule has 0 unspecified atom stereocenters. The van der Waals surface area contributed by atoms with Crippen LogP contribution in [-0.4, -0.2) is 29.3 Å². The van der Waals surface area contributed by atoms with Crippen LogP contribution in [0.4, 0.5) is 0 Å². The van der Waals surface area contributed by atoms with Gasteiger partial charge in [0, 0.05) is 23.2 Å². The lowest BCUT2D eigenvalue weighted by molar-refractivity contribution is -0.135. The molecule has 0 aliphatic carbocycles. The Morgan fingerprint density at radius 1 is 1.25 bits per heavy atom. The van der Waals surface area contributed by atoms with Crippen molar-refractivity contribution in [3.05, 3.63) is 47.8 Å². The van der Waals surface area contributed by atoms with Gasteiger partial charge in [-0.2, -0.15) is 0 Å². The number of H-pyrrole nitrogens is 1. The number of ether oxygens (including phenoxy) is 1. The van der Waals surface area contributed by atoms with Crippen molar-refractivity contribution in [3.8, 4) is 0 Å². The number of esters is 1. The van der Waals surface area contributed by atoms with Gasteiger partial charge in [0.05, 0.1) is 11.3 Å². The van der Waals surface area contributed by atoms with Crippen molar-refractivity contribution in [1.82, 2.24) is 10.3 Å². The third-order valence-electron chi connectivity index (χ3n) is 2.98. The van der Waals surface area contributed by atoms with Gasteiger partial charge in [0.1, 0.15) is 6.61 Å². The summed E-state index contributed by atoms with van der Waals surface area (Å²) in [6.07, 6.45) is 2.65.